The summed E-state index contributed by atoms with van der Waals surface area (Å²) in [5, 5.41) is 15.7. The van der Waals surface area contributed by atoms with Crippen molar-refractivity contribution in [3.05, 3.63) is 212 Å². The minimum absolute atomic E-state index is 0.0710. The number of amides is 3. The van der Waals surface area contributed by atoms with Crippen LogP contribution >= 0.6 is 0 Å². The molecule has 668 valence electrons. The first kappa shape index (κ1) is 91.7. The molecule has 8 aliphatic rings. The number of ether oxygens (including phenoxy) is 5. The van der Waals surface area contributed by atoms with Gasteiger partial charge in [0.15, 0.2) is 5.96 Å². The first-order chi connectivity index (χ1) is 59.8. The Bertz CT molecular complexity index is 5470. The Morgan fingerprint density at radius 2 is 0.944 bits per heavy atom. The van der Waals surface area contributed by atoms with Crippen molar-refractivity contribution in [1.29, 1.82) is 0 Å². The van der Waals surface area contributed by atoms with Gasteiger partial charge in [0, 0.05) is 161 Å². The fourth-order valence-electron chi connectivity index (χ4n) is 19.2. The van der Waals surface area contributed by atoms with Gasteiger partial charge in [-0.25, -0.2) is 9.59 Å². The van der Waals surface area contributed by atoms with Gasteiger partial charge in [-0.1, -0.05) is 60.4 Å². The summed E-state index contributed by atoms with van der Waals surface area (Å²) in [4.78, 5) is 120. The van der Waals surface area contributed by atoms with Crippen molar-refractivity contribution >= 4 is 75.4 Å². The number of pyridine rings is 2. The van der Waals surface area contributed by atoms with Crippen LogP contribution in [0.5, 0.6) is 5.75 Å². The highest BCUT2D eigenvalue weighted by atomic mass is 16.7. The SMILES string of the molecule is CC(=O)OCC(C)(C)OC(=O)NC(=NC[C@H](C)c1c(-c2cc(C)cc(C)c2)[nH]c2ccc(C(C)(C)C(=O)N3CC4CCC3CC4)cc12)N1CCC(c2ccncc2)C1.CC(=O)OCC(C)(C)OC(=O)Oc1ccc([N+](=O)[O-])cc1.Cc1cc(C)cc(-c2[nH]c3ccc(C(C)(C)C(=O)N4CC5CCC4CC5)cc3c2[C@@H](C)CN=C(N)N2CCC(c3ccncc3)C2)c1. The lowest BCUT2D eigenvalue weighted by atomic mass is 9.76. The zero-order chi connectivity index (χ0) is 90.3. The highest BCUT2D eigenvalue weighted by molar-refractivity contribution is 5.98. The Kier molecular flexibility index (Phi) is 28.3. The molecule has 3 amide bonds. The molecule has 6 aliphatic heterocycles. The van der Waals surface area contributed by atoms with E-state index >= 15 is 0 Å². The smallest absolute Gasteiger partial charge is 0.462 e. The third kappa shape index (κ3) is 22.1. The Morgan fingerprint density at radius 1 is 0.532 bits per heavy atom. The molecule has 17 rings (SSSR count). The molecular formula is C100H125N13O13. The van der Waals surface area contributed by atoms with Gasteiger partial charge in [0.1, 0.15) is 30.2 Å². The molecule has 5 aromatic carbocycles. The summed E-state index contributed by atoms with van der Waals surface area (Å²) in [5.74, 6) is 2.67. The number of likely N-dealkylation sites (tertiary alicyclic amines) is 2. The number of benzene rings is 5. The Hall–Kier alpha value is -12.0. The molecule has 2 unspecified atom stereocenters. The number of piperidine rings is 4. The molecule has 0 spiro atoms. The number of nitrogens with zero attached hydrogens (tertiary/aromatic N) is 9. The summed E-state index contributed by atoms with van der Waals surface area (Å²) >= 11 is 0. The molecule has 4 bridgehead atoms. The summed E-state index contributed by atoms with van der Waals surface area (Å²) < 4.78 is 25.6. The molecule has 2 saturated carbocycles. The second-order valence-electron chi connectivity index (χ2n) is 38.0. The molecule has 10 heterocycles. The largest absolute Gasteiger partial charge is 0.514 e. The highest BCUT2D eigenvalue weighted by Crippen LogP contribution is 2.45. The number of rotatable bonds is 22. The molecule has 5 N–H and O–H groups in total. The van der Waals surface area contributed by atoms with Crippen molar-refractivity contribution in [3.8, 4) is 28.3 Å². The van der Waals surface area contributed by atoms with E-state index in [0.29, 0.717) is 67.9 Å². The molecule has 0 radical (unpaired) electrons. The number of nitro benzene ring substituents is 1. The number of nitro groups is 1. The number of esters is 2. The molecule has 6 saturated heterocycles. The Labute approximate surface area is 739 Å². The first-order valence-corrected chi connectivity index (χ1v) is 44.5. The van der Waals surface area contributed by atoms with Gasteiger partial charge in [-0.15, -0.1) is 0 Å². The number of fused-ring (bicyclic) bond motifs is 8. The first-order valence-electron chi connectivity index (χ1n) is 44.5. The normalized spacial score (nSPS) is 19.5. The fraction of sp³-hybridized carbons (Fsp3) is 0.480. The lowest BCUT2D eigenvalue weighted by Gasteiger charge is -2.47. The molecule has 4 atom stereocenters. The number of carbonyl (C=O) groups excluding carboxylic acids is 6. The third-order valence-corrected chi connectivity index (χ3v) is 26.0. The molecule has 4 aromatic heterocycles. The topological polar surface area (TPSA) is 325 Å². The van der Waals surface area contributed by atoms with E-state index in [0.717, 1.165) is 120 Å². The van der Waals surface area contributed by atoms with E-state index in [1.54, 1.807) is 27.7 Å². The summed E-state index contributed by atoms with van der Waals surface area (Å²) in [6.07, 6.45) is 17.1. The molecule has 26 heteroatoms. The van der Waals surface area contributed by atoms with Gasteiger partial charge in [0.25, 0.3) is 5.69 Å². The summed E-state index contributed by atoms with van der Waals surface area (Å²) in [5.41, 5.74) is 21.4. The molecule has 26 nitrogen and oxygen atoms in total. The number of aromatic amines is 2. The van der Waals surface area contributed by atoms with Crippen molar-refractivity contribution < 1.29 is 57.4 Å². The number of carbonyl (C=O) groups is 6. The minimum atomic E-state index is -1.05. The number of aromatic nitrogens is 4. The van der Waals surface area contributed by atoms with Gasteiger partial charge < -0.3 is 59.0 Å². The maximum Gasteiger partial charge on any atom is 0.514 e. The average molecular weight is 1720 g/mol. The van der Waals surface area contributed by atoms with Crippen LogP contribution in [-0.2, 0) is 49.0 Å². The highest BCUT2D eigenvalue weighted by Gasteiger charge is 2.45. The average Bonchev–Trinajstić information content (AvgIpc) is 1.58. The fourth-order valence-corrected chi connectivity index (χ4v) is 19.2. The molecule has 2 aliphatic carbocycles. The van der Waals surface area contributed by atoms with Gasteiger partial charge in [0.05, 0.1) is 27.1 Å². The van der Waals surface area contributed by atoms with Crippen LogP contribution in [0.25, 0.3) is 44.3 Å². The number of non-ortho nitro benzene ring substituents is 1. The van der Waals surface area contributed by atoms with Crippen LogP contribution < -0.4 is 15.8 Å². The molecular weight excluding hydrogens is 1590 g/mol. The van der Waals surface area contributed by atoms with Crippen LogP contribution in [0.3, 0.4) is 0 Å². The second-order valence-corrected chi connectivity index (χ2v) is 38.0. The summed E-state index contributed by atoms with van der Waals surface area (Å²) in [6, 6.07) is 40.4. The zero-order valence-electron chi connectivity index (χ0n) is 76.0. The lowest BCUT2D eigenvalue weighted by molar-refractivity contribution is -0.384. The van der Waals surface area contributed by atoms with Crippen molar-refractivity contribution in [1.82, 2.24) is 44.9 Å². The number of nitrogens with two attached hydrogens (primary N) is 1. The van der Waals surface area contributed by atoms with Gasteiger partial charge >= 0.3 is 24.2 Å². The standard InChI is InChI=1S/C47H60N6O5.C40H50N6O.C13H15NO7/c1-29-21-30(2)23-36(22-29)42-41(39-24-37(11-14-40(39)50-42)47(7,8)43(55)53-26-33-9-12-38(53)13-10-33)31(3)25-49-44(51-45(56)58-46(5,6)28-57-32(4)54)52-20-17-35(27-52)34-15-18-48-19-16-34;1-25-18-26(2)20-31(19-25)37-36(27(3)22-43-39(41)45-17-14-30(24-45)29-12-15-42-16-13-29)34-21-32(8-11-35(34)44-37)40(4,5)38(47)46-23-28-6-9-33(46)10-7-28;1-9(15)19-8-13(2,3)21-12(16)20-11-6-4-10(5-7-11)14(17)18/h11,14-16,18-19,21-24,31,33,35,38,50H,9-10,12-13,17,20,25-28H2,1-8H3,(H,49,51,56);8,11-13,15-16,18-21,27-28,30,33,44H,6-7,9-10,14,17,22-24H2,1-5H3,(H2,41,43);4-7H,8H2,1-3H3/t31-,33?,35?,38?;27-,28?,30?,33?;/m00./s1. The lowest BCUT2D eigenvalue weighted by Crippen LogP contribution is -2.55. The van der Waals surface area contributed by atoms with E-state index < -0.39 is 51.1 Å². The summed E-state index contributed by atoms with van der Waals surface area (Å²) in [6.45, 7) is 36.1. The van der Waals surface area contributed by atoms with Crippen LogP contribution in [0, 0.1) is 49.6 Å². The number of H-pyrrole nitrogens is 2. The van der Waals surface area contributed by atoms with Crippen LogP contribution in [0.1, 0.15) is 227 Å². The number of hydrogen-bond acceptors (Lipinski definition) is 17. The van der Waals surface area contributed by atoms with Gasteiger partial charge in [-0.05, 0) is 289 Å². The zero-order valence-corrected chi connectivity index (χ0v) is 76.0. The maximum absolute atomic E-state index is 14.4. The Morgan fingerprint density at radius 3 is 1.36 bits per heavy atom. The number of guanidine groups is 2. The van der Waals surface area contributed by atoms with E-state index in [1.165, 1.54) is 108 Å². The number of aryl methyl sites for hydroxylation is 4. The van der Waals surface area contributed by atoms with E-state index in [9.17, 15) is 38.9 Å². The predicted molar refractivity (Wildman–Crippen MR) is 491 cm³/mol. The van der Waals surface area contributed by atoms with E-state index in [-0.39, 0.29) is 54.2 Å². The summed E-state index contributed by atoms with van der Waals surface area (Å²) in [7, 11) is 0. The number of hydrogen-bond donors (Lipinski definition) is 4. The van der Waals surface area contributed by atoms with E-state index in [4.69, 9.17) is 39.4 Å². The van der Waals surface area contributed by atoms with E-state index in [1.807, 2.05) is 36.9 Å². The van der Waals surface area contributed by atoms with Crippen LogP contribution in [0.2, 0.25) is 0 Å². The van der Waals surface area contributed by atoms with Crippen molar-refractivity contribution in [2.24, 2.45) is 27.6 Å². The third-order valence-electron chi connectivity index (χ3n) is 26.0. The number of aliphatic imine (C=N–C) groups is 2. The van der Waals surface area contributed by atoms with Gasteiger partial charge in [0.2, 0.25) is 17.8 Å². The number of nitrogens with one attached hydrogen (secondary N) is 3. The van der Waals surface area contributed by atoms with Crippen molar-refractivity contribution in [2.75, 3.05) is 65.6 Å². The van der Waals surface area contributed by atoms with Crippen LogP contribution in [0.15, 0.2) is 156 Å². The second kappa shape index (κ2) is 38.9. The van der Waals surface area contributed by atoms with Crippen LogP contribution in [-0.4, -0.2) is 181 Å². The van der Waals surface area contributed by atoms with Gasteiger partial charge in [-0.3, -0.25) is 54.6 Å². The monoisotopic (exact) mass is 1720 g/mol. The van der Waals surface area contributed by atoms with Crippen LogP contribution in [0.4, 0.5) is 15.3 Å². The van der Waals surface area contributed by atoms with E-state index in [2.05, 4.69) is 199 Å². The number of alkyl carbamates (subject to hydrolysis) is 1. The quantitative estimate of drug-likeness (QED) is 0.00931. The van der Waals surface area contributed by atoms with Gasteiger partial charge in [-0.2, -0.15) is 0 Å². The molecule has 9 aromatic rings. The molecule has 126 heavy (non-hydrogen) atoms. The minimum Gasteiger partial charge on any atom is -0.462 e. The molecule has 8 fully saturated rings. The van der Waals surface area contributed by atoms with Crippen molar-refractivity contribution in [2.45, 2.75) is 233 Å². The van der Waals surface area contributed by atoms with Crippen molar-refractivity contribution in [3.63, 3.8) is 0 Å². The Balaban J connectivity index is 0.000000179. The maximum atomic E-state index is 14.4. The predicted octanol–water partition coefficient (Wildman–Crippen LogP) is 18.4.